The lowest BCUT2D eigenvalue weighted by molar-refractivity contribution is 0.0679. The Kier molecular flexibility index (Phi) is 12.9. The summed E-state index contributed by atoms with van der Waals surface area (Å²) in [6.45, 7) is 0.116. The Morgan fingerprint density at radius 3 is 1.29 bits per heavy atom. The maximum absolute atomic E-state index is 13.4. The van der Waals surface area contributed by atoms with E-state index in [1.165, 1.54) is 18.2 Å². The first-order chi connectivity index (χ1) is 26.7. The molecule has 0 saturated carbocycles. The summed E-state index contributed by atoms with van der Waals surface area (Å²) in [5, 5.41) is 19.4. The Morgan fingerprint density at radius 1 is 0.527 bits per heavy atom. The summed E-state index contributed by atoms with van der Waals surface area (Å²) >= 11 is -2.91. The zero-order valence-corrected chi connectivity index (χ0v) is 30.4. The van der Waals surface area contributed by atoms with E-state index in [4.69, 9.17) is 18.9 Å². The smallest absolute Gasteiger partial charge is 0.339 e. The van der Waals surface area contributed by atoms with E-state index in [1.54, 1.807) is 30.3 Å². The number of carboxylic acid groups (broad SMARTS) is 2. The average Bonchev–Trinajstić information content (AvgIpc) is 3.21. The highest BCUT2D eigenvalue weighted by atomic mass is 32.2. The molecular formula is C44H37O10S-. The Labute approximate surface area is 320 Å². The van der Waals surface area contributed by atoms with Crippen LogP contribution in [0.1, 0.15) is 59.3 Å². The Balaban J connectivity index is 1.45. The molecule has 6 rings (SSSR count). The molecule has 11 heteroatoms. The maximum atomic E-state index is 13.4. The van der Waals surface area contributed by atoms with Crippen molar-refractivity contribution >= 4 is 23.0 Å². The third kappa shape index (κ3) is 10.4. The largest absolute Gasteiger partial charge is 0.772 e. The van der Waals surface area contributed by atoms with Gasteiger partial charge in [-0.05, 0) is 64.0 Å². The molecule has 280 valence electrons. The lowest BCUT2D eigenvalue weighted by Crippen LogP contribution is -2.16. The summed E-state index contributed by atoms with van der Waals surface area (Å²) in [4.78, 5) is 25.6. The van der Waals surface area contributed by atoms with Gasteiger partial charge in [0, 0.05) is 11.1 Å². The van der Waals surface area contributed by atoms with Gasteiger partial charge in [0.2, 0.25) is 0 Å². The third-order valence-electron chi connectivity index (χ3n) is 8.62. The first-order valence-electron chi connectivity index (χ1n) is 17.3. The molecule has 0 aliphatic carbocycles. The fourth-order valence-corrected chi connectivity index (χ4v) is 6.61. The molecule has 0 fully saturated rings. The van der Waals surface area contributed by atoms with Gasteiger partial charge < -0.3 is 33.7 Å². The van der Waals surface area contributed by atoms with Gasteiger partial charge in [0.05, 0.1) is 5.25 Å². The summed E-state index contributed by atoms with van der Waals surface area (Å²) in [6, 6.07) is 42.3. The minimum absolute atomic E-state index is 0.00807. The van der Waals surface area contributed by atoms with Crippen molar-refractivity contribution in [2.24, 2.45) is 0 Å². The summed E-state index contributed by atoms with van der Waals surface area (Å²) in [5.41, 5.74) is 2.78. The van der Waals surface area contributed by atoms with E-state index >= 15 is 0 Å². The molecule has 0 radical (unpaired) electrons. The molecule has 10 nitrogen and oxygen atoms in total. The van der Waals surface area contributed by atoms with Crippen molar-refractivity contribution in [3.8, 4) is 23.0 Å². The minimum atomic E-state index is -2.91. The quantitative estimate of drug-likeness (QED) is 0.0816. The van der Waals surface area contributed by atoms with Crippen molar-refractivity contribution in [1.29, 1.82) is 0 Å². The zero-order chi connectivity index (χ0) is 38.6. The second-order valence-electron chi connectivity index (χ2n) is 12.5. The molecule has 0 heterocycles. The molecular weight excluding hydrogens is 721 g/mol. The van der Waals surface area contributed by atoms with Crippen LogP contribution in [-0.4, -0.2) is 30.9 Å². The summed E-state index contributed by atoms with van der Waals surface area (Å²) in [6.07, 6.45) is -0.341. The lowest BCUT2D eigenvalue weighted by atomic mass is 9.97. The molecule has 55 heavy (non-hydrogen) atoms. The molecule has 0 aliphatic rings. The summed E-state index contributed by atoms with van der Waals surface area (Å²) < 4.78 is 51.2. The molecule has 0 aliphatic heterocycles. The van der Waals surface area contributed by atoms with Crippen LogP contribution >= 0.6 is 0 Å². The van der Waals surface area contributed by atoms with Crippen LogP contribution in [-0.2, 0) is 43.9 Å². The van der Waals surface area contributed by atoms with Crippen LogP contribution in [0.4, 0.5) is 0 Å². The van der Waals surface area contributed by atoms with Crippen LogP contribution in [0.3, 0.4) is 0 Å². The van der Waals surface area contributed by atoms with Crippen molar-refractivity contribution in [3.05, 3.63) is 190 Å². The van der Waals surface area contributed by atoms with Crippen molar-refractivity contribution in [2.75, 3.05) is 0 Å². The van der Waals surface area contributed by atoms with E-state index in [1.807, 2.05) is 97.1 Å². The first-order valence-corrected chi connectivity index (χ1v) is 18.5. The molecule has 0 saturated heterocycles. The molecule has 6 aromatic rings. The third-order valence-corrected chi connectivity index (χ3v) is 9.51. The number of aromatic carboxylic acids is 2. The second-order valence-corrected chi connectivity index (χ2v) is 13.6. The lowest BCUT2D eigenvalue weighted by Gasteiger charge is -2.26. The maximum Gasteiger partial charge on any atom is 0.339 e. The highest BCUT2D eigenvalue weighted by molar-refractivity contribution is 7.79. The van der Waals surface area contributed by atoms with Gasteiger partial charge in [-0.3, -0.25) is 4.21 Å². The van der Waals surface area contributed by atoms with E-state index in [9.17, 15) is 28.6 Å². The molecule has 2 atom stereocenters. The van der Waals surface area contributed by atoms with E-state index in [0.29, 0.717) is 0 Å². The highest BCUT2D eigenvalue weighted by Crippen LogP contribution is 2.41. The minimum Gasteiger partial charge on any atom is -0.772 e. The molecule has 0 spiro atoms. The number of carbonyl (C=O) groups is 2. The van der Waals surface area contributed by atoms with Gasteiger partial charge >= 0.3 is 11.9 Å². The van der Waals surface area contributed by atoms with Crippen molar-refractivity contribution < 1.29 is 47.5 Å². The number of benzene rings is 6. The normalized spacial score (nSPS) is 11.9. The van der Waals surface area contributed by atoms with Gasteiger partial charge in [-0.25, -0.2) is 9.59 Å². The van der Waals surface area contributed by atoms with Crippen LogP contribution in [0.25, 0.3) is 0 Å². The molecule has 2 unspecified atom stereocenters. The van der Waals surface area contributed by atoms with Gasteiger partial charge in [-0.2, -0.15) is 0 Å². The van der Waals surface area contributed by atoms with Crippen LogP contribution in [0, 0.1) is 0 Å². The fourth-order valence-electron chi connectivity index (χ4n) is 5.91. The molecule has 0 aromatic heterocycles. The second kappa shape index (κ2) is 18.6. The van der Waals surface area contributed by atoms with Crippen LogP contribution in [0.5, 0.6) is 23.0 Å². The van der Waals surface area contributed by atoms with E-state index in [-0.39, 0.29) is 78.1 Å². The average molecular weight is 758 g/mol. The zero-order valence-electron chi connectivity index (χ0n) is 29.5. The van der Waals surface area contributed by atoms with Gasteiger partial charge in [0.1, 0.15) is 60.6 Å². The standard InChI is InChI=1S/C44H38O10S/c45-43(46)38-24-35(51-26-30-13-5-1-6-14-30)21-34(41(38)53-28-32-17-9-3-10-18-32)22-40(55(49)50)37-23-36(52-27-31-15-7-2-8-16-31)25-39(44(47)48)42(37)54-29-33-19-11-4-12-20-33/h1-21,23-25,40H,22,26-29H2,(H,45,46)(H,47,48)(H,49,50)/p-1. The number of hydrogen-bond acceptors (Lipinski definition) is 8. The van der Waals surface area contributed by atoms with E-state index < -0.39 is 28.3 Å². The Bertz CT molecular complexity index is 2230. The topological polar surface area (TPSA) is 152 Å². The Hall–Kier alpha value is -6.43. The molecule has 0 amide bonds. The van der Waals surface area contributed by atoms with Crippen LogP contribution in [0.2, 0.25) is 0 Å². The number of carboxylic acids is 2. The van der Waals surface area contributed by atoms with Crippen LogP contribution < -0.4 is 18.9 Å². The van der Waals surface area contributed by atoms with Crippen molar-refractivity contribution in [1.82, 2.24) is 0 Å². The first kappa shape index (κ1) is 38.3. The van der Waals surface area contributed by atoms with Crippen LogP contribution in [0.15, 0.2) is 146 Å². The molecule has 0 bridgehead atoms. The SMILES string of the molecule is O=C(O)c1cc(OCc2ccccc2)cc(CC(c2cc(OCc3ccccc3)cc(C(=O)O)c2OCc2ccccc2)S(=O)[O-])c1OCc1ccccc1. The number of ether oxygens (including phenoxy) is 4. The Morgan fingerprint density at radius 2 is 0.891 bits per heavy atom. The van der Waals surface area contributed by atoms with Crippen molar-refractivity contribution in [2.45, 2.75) is 38.1 Å². The summed E-state index contributed by atoms with van der Waals surface area (Å²) in [5.74, 6) is -2.62. The van der Waals surface area contributed by atoms with E-state index in [2.05, 4.69) is 0 Å². The van der Waals surface area contributed by atoms with Gasteiger partial charge in [0.15, 0.2) is 0 Å². The van der Waals surface area contributed by atoms with Gasteiger partial charge in [-0.15, -0.1) is 0 Å². The predicted molar refractivity (Wildman–Crippen MR) is 205 cm³/mol. The van der Waals surface area contributed by atoms with Crippen molar-refractivity contribution in [3.63, 3.8) is 0 Å². The van der Waals surface area contributed by atoms with Gasteiger partial charge in [-0.1, -0.05) is 121 Å². The monoisotopic (exact) mass is 757 g/mol. The van der Waals surface area contributed by atoms with E-state index in [0.717, 1.165) is 22.3 Å². The summed E-state index contributed by atoms with van der Waals surface area (Å²) in [7, 11) is 0. The predicted octanol–water partition coefficient (Wildman–Crippen LogP) is 8.56. The molecule has 2 N–H and O–H groups in total. The highest BCUT2D eigenvalue weighted by Gasteiger charge is 2.28. The number of hydrogen-bond donors (Lipinski definition) is 2. The fraction of sp³-hybridized carbons (Fsp3) is 0.136. The number of rotatable bonds is 18. The molecule has 6 aromatic carbocycles. The van der Waals surface area contributed by atoms with Gasteiger partial charge in [0.25, 0.3) is 0 Å².